The first-order valence-corrected chi connectivity index (χ1v) is 10.8. The minimum atomic E-state index is -1.05. The predicted molar refractivity (Wildman–Crippen MR) is 86.4 cm³/mol. The molecule has 1 N–H and O–H groups in total. The molecule has 2 aromatic rings. The maximum absolute atomic E-state index is 5.71. The van der Waals surface area contributed by atoms with Gasteiger partial charge in [0.25, 0.3) is 0 Å². The van der Waals surface area contributed by atoms with Crippen LogP contribution in [-0.2, 0) is 11.5 Å². The summed E-state index contributed by atoms with van der Waals surface area (Å²) in [5.74, 6) is 1.55. The number of aromatic nitrogens is 4. The van der Waals surface area contributed by atoms with Crippen molar-refractivity contribution in [3.05, 3.63) is 30.4 Å². The molecule has 0 aliphatic rings. The van der Waals surface area contributed by atoms with E-state index in [0.29, 0.717) is 12.5 Å². The highest BCUT2D eigenvalue weighted by molar-refractivity contribution is 6.76. The van der Waals surface area contributed by atoms with Gasteiger partial charge in [0.15, 0.2) is 0 Å². The van der Waals surface area contributed by atoms with Gasteiger partial charge in [0.05, 0.1) is 24.3 Å². The fourth-order valence-electron chi connectivity index (χ4n) is 1.66. The van der Waals surface area contributed by atoms with Crippen LogP contribution in [0.15, 0.2) is 24.7 Å². The van der Waals surface area contributed by atoms with Gasteiger partial charge in [-0.15, -0.1) is 0 Å². The number of nitrogens with zero attached hydrogens (tertiary/aromatic N) is 4. The number of nitrogens with one attached hydrogen (secondary N) is 1. The zero-order chi connectivity index (χ0) is 15.3. The topological polar surface area (TPSA) is 64.9 Å². The number of ether oxygens (including phenoxy) is 1. The Labute approximate surface area is 126 Å². The van der Waals surface area contributed by atoms with E-state index >= 15 is 0 Å². The maximum atomic E-state index is 5.71. The van der Waals surface area contributed by atoms with Crippen LogP contribution in [0.25, 0.3) is 0 Å². The molecular formula is C14H23N5OSi. The molecule has 0 aliphatic heterocycles. The molecule has 0 aromatic carbocycles. The van der Waals surface area contributed by atoms with E-state index in [4.69, 9.17) is 4.74 Å². The third-order valence-corrected chi connectivity index (χ3v) is 4.67. The van der Waals surface area contributed by atoms with Crippen molar-refractivity contribution in [3.63, 3.8) is 0 Å². The van der Waals surface area contributed by atoms with Gasteiger partial charge in [0.1, 0.15) is 18.4 Å². The molecule has 7 heteroatoms. The van der Waals surface area contributed by atoms with Gasteiger partial charge in [0.2, 0.25) is 0 Å². The highest BCUT2D eigenvalue weighted by Gasteiger charge is 2.12. The summed E-state index contributed by atoms with van der Waals surface area (Å²) in [6.07, 6.45) is 5.18. The number of hydrogen-bond acceptors (Lipinski definition) is 5. The van der Waals surface area contributed by atoms with Gasteiger partial charge in [0, 0.05) is 20.7 Å². The van der Waals surface area contributed by atoms with Crippen LogP contribution >= 0.6 is 0 Å². The van der Waals surface area contributed by atoms with E-state index in [0.717, 1.165) is 24.2 Å². The van der Waals surface area contributed by atoms with Crippen molar-refractivity contribution in [3.8, 4) is 0 Å². The summed E-state index contributed by atoms with van der Waals surface area (Å²) in [5.41, 5.74) is 0.892. The first-order valence-electron chi connectivity index (χ1n) is 7.09. The first-order chi connectivity index (χ1) is 9.94. The molecule has 2 aromatic heterocycles. The summed E-state index contributed by atoms with van der Waals surface area (Å²) in [7, 11) is -1.05. The van der Waals surface area contributed by atoms with E-state index in [2.05, 4.69) is 40.0 Å². The molecule has 6 nitrogen and oxygen atoms in total. The largest absolute Gasteiger partial charge is 0.359 e. The van der Waals surface area contributed by atoms with Crippen LogP contribution in [-0.4, -0.2) is 34.4 Å². The van der Waals surface area contributed by atoms with E-state index < -0.39 is 8.07 Å². The Hall–Kier alpha value is -1.73. The molecule has 0 atom stereocenters. The molecule has 0 radical (unpaired) electrons. The lowest BCUT2D eigenvalue weighted by atomic mass is 10.5. The van der Waals surface area contributed by atoms with Crippen molar-refractivity contribution >= 4 is 19.7 Å². The molecule has 0 fully saturated rings. The Morgan fingerprint density at radius 2 is 2.05 bits per heavy atom. The van der Waals surface area contributed by atoms with Gasteiger partial charge in [-0.3, -0.25) is 4.98 Å². The summed E-state index contributed by atoms with van der Waals surface area (Å²) >= 11 is 0. The summed E-state index contributed by atoms with van der Waals surface area (Å²) < 4.78 is 7.49. The second-order valence-electron chi connectivity index (χ2n) is 6.23. The van der Waals surface area contributed by atoms with Gasteiger partial charge in [-0.2, -0.15) is 5.10 Å². The molecular weight excluding hydrogens is 282 g/mol. The Bertz CT molecular complexity index is 561. The molecule has 0 unspecified atom stereocenters. The quantitative estimate of drug-likeness (QED) is 0.629. The van der Waals surface area contributed by atoms with E-state index in [-0.39, 0.29) is 0 Å². The molecule has 0 saturated heterocycles. The van der Waals surface area contributed by atoms with Gasteiger partial charge < -0.3 is 10.1 Å². The maximum Gasteiger partial charge on any atom is 0.150 e. The molecule has 114 valence electrons. The van der Waals surface area contributed by atoms with Crippen LogP contribution < -0.4 is 5.32 Å². The van der Waals surface area contributed by atoms with Crippen molar-refractivity contribution in [1.82, 2.24) is 19.7 Å². The minimum absolute atomic E-state index is 0.444. The van der Waals surface area contributed by atoms with Gasteiger partial charge in [-0.25, -0.2) is 9.67 Å². The fraction of sp³-hybridized carbons (Fsp3) is 0.500. The van der Waals surface area contributed by atoms with Crippen molar-refractivity contribution in [2.75, 3.05) is 11.9 Å². The smallest absolute Gasteiger partial charge is 0.150 e. The summed E-state index contributed by atoms with van der Waals surface area (Å²) in [6, 6.07) is 3.05. The molecule has 21 heavy (non-hydrogen) atoms. The average Bonchev–Trinajstić information content (AvgIpc) is 2.84. The van der Waals surface area contributed by atoms with Crippen molar-refractivity contribution in [1.29, 1.82) is 0 Å². The van der Waals surface area contributed by atoms with Crippen molar-refractivity contribution < 1.29 is 4.74 Å². The zero-order valence-electron chi connectivity index (χ0n) is 13.1. The van der Waals surface area contributed by atoms with Crippen LogP contribution in [0.2, 0.25) is 25.7 Å². The van der Waals surface area contributed by atoms with Crippen LogP contribution in [0.5, 0.6) is 0 Å². The standard InChI is InChI=1S/C14H23N5OSi/c1-12-9-16-13(10-15-12)18-14-5-6-17-19(14)11-20-7-8-21(2,3)4/h5-6,9-10H,7-8,11H2,1-4H3,(H,16,18). The second kappa shape index (κ2) is 6.82. The Kier molecular flexibility index (Phi) is 5.08. The second-order valence-corrected chi connectivity index (χ2v) is 11.9. The zero-order valence-corrected chi connectivity index (χ0v) is 14.1. The van der Waals surface area contributed by atoms with E-state index in [1.165, 1.54) is 0 Å². The number of aryl methyl sites for hydroxylation is 1. The highest BCUT2D eigenvalue weighted by atomic mass is 28.3. The first kappa shape index (κ1) is 15.7. The average molecular weight is 305 g/mol. The Balaban J connectivity index is 1.88. The molecule has 0 spiro atoms. The molecule has 0 saturated carbocycles. The van der Waals surface area contributed by atoms with Crippen molar-refractivity contribution in [2.24, 2.45) is 0 Å². The molecule has 2 rings (SSSR count). The van der Waals surface area contributed by atoms with E-state index in [9.17, 15) is 0 Å². The van der Waals surface area contributed by atoms with Crippen LogP contribution in [0.1, 0.15) is 5.69 Å². The lowest BCUT2D eigenvalue weighted by molar-refractivity contribution is 0.0801. The van der Waals surface area contributed by atoms with Gasteiger partial charge in [-0.05, 0) is 13.0 Å². The predicted octanol–water partition coefficient (Wildman–Crippen LogP) is 3.04. The van der Waals surface area contributed by atoms with Crippen LogP contribution in [0, 0.1) is 6.92 Å². The normalized spacial score (nSPS) is 11.6. The lowest BCUT2D eigenvalue weighted by Gasteiger charge is -2.16. The van der Waals surface area contributed by atoms with Gasteiger partial charge in [-0.1, -0.05) is 19.6 Å². The highest BCUT2D eigenvalue weighted by Crippen LogP contribution is 2.13. The van der Waals surface area contributed by atoms with Crippen molar-refractivity contribution in [2.45, 2.75) is 39.3 Å². The molecule has 0 bridgehead atoms. The van der Waals surface area contributed by atoms with E-state index in [1.54, 1.807) is 23.3 Å². The summed E-state index contributed by atoms with van der Waals surface area (Å²) in [6.45, 7) is 10.2. The number of hydrogen-bond donors (Lipinski definition) is 1. The van der Waals surface area contributed by atoms with Crippen LogP contribution in [0.4, 0.5) is 11.6 Å². The molecule has 0 amide bonds. The van der Waals surface area contributed by atoms with Crippen LogP contribution in [0.3, 0.4) is 0 Å². The lowest BCUT2D eigenvalue weighted by Crippen LogP contribution is -2.22. The molecule has 0 aliphatic carbocycles. The van der Waals surface area contributed by atoms with E-state index in [1.807, 2.05) is 13.0 Å². The number of anilines is 2. The summed E-state index contributed by atoms with van der Waals surface area (Å²) in [4.78, 5) is 8.48. The number of rotatable bonds is 7. The SMILES string of the molecule is Cc1cnc(Nc2ccnn2COCC[Si](C)(C)C)cn1. The molecule has 2 heterocycles. The monoisotopic (exact) mass is 305 g/mol. The minimum Gasteiger partial charge on any atom is -0.359 e. The third-order valence-electron chi connectivity index (χ3n) is 2.96. The Morgan fingerprint density at radius 3 is 2.71 bits per heavy atom. The fourth-order valence-corrected chi connectivity index (χ4v) is 2.42. The third kappa shape index (κ3) is 5.28. The van der Waals surface area contributed by atoms with Gasteiger partial charge >= 0.3 is 0 Å². The Morgan fingerprint density at radius 1 is 1.24 bits per heavy atom. The summed E-state index contributed by atoms with van der Waals surface area (Å²) in [5, 5.41) is 7.45.